The number of fused-ring (bicyclic) bond motifs is 1. The van der Waals surface area contributed by atoms with Crippen LogP contribution >= 0.6 is 0 Å². The number of aliphatic hydroxyl groups excluding tert-OH is 1. The number of ketones is 1. The highest BCUT2D eigenvalue weighted by atomic mass is 16.5. The number of rotatable bonds is 8. The Labute approximate surface area is 203 Å². The summed E-state index contributed by atoms with van der Waals surface area (Å²) >= 11 is 0. The Morgan fingerprint density at radius 1 is 1.20 bits per heavy atom. The number of aromatic nitrogens is 2. The molecular formula is C26H30N4O5. The number of phenolic OH excluding ortho intramolecular Hbond substituents is 1. The lowest BCUT2D eigenvalue weighted by Crippen LogP contribution is -2.32. The zero-order valence-electron chi connectivity index (χ0n) is 20.4. The van der Waals surface area contributed by atoms with Gasteiger partial charge in [-0.25, -0.2) is 4.98 Å². The van der Waals surface area contributed by atoms with Crippen molar-refractivity contribution in [1.82, 2.24) is 19.2 Å². The third-order valence-corrected chi connectivity index (χ3v) is 6.07. The lowest BCUT2D eigenvalue weighted by Gasteiger charge is -2.26. The normalized spacial score (nSPS) is 17.6. The average molecular weight is 479 g/mol. The van der Waals surface area contributed by atoms with E-state index < -0.39 is 17.7 Å². The standard InChI is InChI=1S/C26H30N4O5/c1-5-35-19-15-17(10-11-18(19)31)23-21(25(33)26(34)30(23)14-8-12-28(3)4)24(32)22-16(2)27-20-9-6-7-13-29(20)22/h6-7,9-11,13,15,23,31-32H,5,8,12,14H2,1-4H3/b24-21+. The maximum absolute atomic E-state index is 13.3. The summed E-state index contributed by atoms with van der Waals surface area (Å²) in [4.78, 5) is 34.5. The van der Waals surface area contributed by atoms with Crippen LogP contribution in [0.25, 0.3) is 11.4 Å². The lowest BCUT2D eigenvalue weighted by atomic mass is 9.95. The van der Waals surface area contributed by atoms with Crippen LogP contribution in [-0.2, 0) is 9.59 Å². The second kappa shape index (κ2) is 9.79. The average Bonchev–Trinajstić information content (AvgIpc) is 3.28. The molecule has 2 aromatic heterocycles. The number of aliphatic hydroxyl groups is 1. The topological polar surface area (TPSA) is 108 Å². The van der Waals surface area contributed by atoms with Gasteiger partial charge in [-0.2, -0.15) is 0 Å². The number of aromatic hydroxyl groups is 1. The highest BCUT2D eigenvalue weighted by Crippen LogP contribution is 2.42. The highest BCUT2D eigenvalue weighted by Gasteiger charge is 2.46. The van der Waals surface area contributed by atoms with Crippen molar-refractivity contribution >= 4 is 23.1 Å². The Hall–Kier alpha value is -3.85. The van der Waals surface area contributed by atoms with E-state index in [0.29, 0.717) is 42.2 Å². The van der Waals surface area contributed by atoms with Crippen molar-refractivity contribution in [3.8, 4) is 11.5 Å². The van der Waals surface area contributed by atoms with Crippen molar-refractivity contribution in [3.05, 3.63) is 65.1 Å². The number of ether oxygens (including phenoxy) is 1. The van der Waals surface area contributed by atoms with E-state index in [9.17, 15) is 19.8 Å². The quantitative estimate of drug-likeness (QED) is 0.291. The zero-order chi connectivity index (χ0) is 25.3. The molecule has 1 atom stereocenters. The van der Waals surface area contributed by atoms with Gasteiger partial charge in [0.05, 0.1) is 23.9 Å². The second-order valence-electron chi connectivity index (χ2n) is 8.78. The van der Waals surface area contributed by atoms with Gasteiger partial charge in [-0.05, 0) is 70.7 Å². The van der Waals surface area contributed by atoms with Gasteiger partial charge in [-0.15, -0.1) is 0 Å². The zero-order valence-corrected chi connectivity index (χ0v) is 20.4. The Balaban J connectivity index is 1.90. The molecule has 9 nitrogen and oxygen atoms in total. The fourth-order valence-corrected chi connectivity index (χ4v) is 4.51. The molecule has 0 spiro atoms. The van der Waals surface area contributed by atoms with Crippen molar-refractivity contribution in [2.24, 2.45) is 0 Å². The number of carbonyl (C=O) groups is 2. The molecule has 1 saturated heterocycles. The van der Waals surface area contributed by atoms with Gasteiger partial charge < -0.3 is 24.7 Å². The van der Waals surface area contributed by atoms with Crippen LogP contribution in [0.2, 0.25) is 0 Å². The van der Waals surface area contributed by atoms with Crippen LogP contribution in [0.5, 0.6) is 11.5 Å². The molecule has 1 aliphatic heterocycles. The summed E-state index contributed by atoms with van der Waals surface area (Å²) in [6, 6.07) is 9.32. The fourth-order valence-electron chi connectivity index (χ4n) is 4.51. The number of pyridine rings is 1. The Morgan fingerprint density at radius 3 is 2.69 bits per heavy atom. The predicted molar refractivity (Wildman–Crippen MR) is 131 cm³/mol. The minimum absolute atomic E-state index is 0.0123. The molecule has 1 aliphatic rings. The van der Waals surface area contributed by atoms with Crippen molar-refractivity contribution in [2.45, 2.75) is 26.3 Å². The third-order valence-electron chi connectivity index (χ3n) is 6.07. The number of hydrogen-bond acceptors (Lipinski definition) is 7. The van der Waals surface area contributed by atoms with E-state index in [2.05, 4.69) is 4.98 Å². The van der Waals surface area contributed by atoms with Gasteiger partial charge in [0.25, 0.3) is 11.7 Å². The molecule has 1 unspecified atom stereocenters. The summed E-state index contributed by atoms with van der Waals surface area (Å²) in [5.41, 5.74) is 2.06. The Morgan fingerprint density at radius 2 is 1.97 bits per heavy atom. The molecule has 2 N–H and O–H groups in total. The number of likely N-dealkylation sites (tertiary alicyclic amines) is 1. The van der Waals surface area contributed by atoms with Crippen molar-refractivity contribution in [2.75, 3.05) is 33.8 Å². The molecule has 9 heteroatoms. The van der Waals surface area contributed by atoms with Crippen LogP contribution in [-0.4, -0.2) is 74.9 Å². The summed E-state index contributed by atoms with van der Waals surface area (Å²) in [5.74, 6) is -1.51. The number of nitrogens with zero attached hydrogens (tertiary/aromatic N) is 4. The smallest absolute Gasteiger partial charge is 0.295 e. The summed E-state index contributed by atoms with van der Waals surface area (Å²) in [6.07, 6.45) is 2.39. The van der Waals surface area contributed by atoms with E-state index in [-0.39, 0.29) is 22.8 Å². The van der Waals surface area contributed by atoms with E-state index >= 15 is 0 Å². The number of hydrogen-bond donors (Lipinski definition) is 2. The first-order valence-electron chi connectivity index (χ1n) is 11.6. The molecule has 0 aliphatic carbocycles. The molecule has 0 saturated carbocycles. The Bertz CT molecular complexity index is 1310. The molecule has 1 aromatic carbocycles. The third kappa shape index (κ3) is 4.46. The van der Waals surface area contributed by atoms with Crippen molar-refractivity contribution in [3.63, 3.8) is 0 Å². The minimum Gasteiger partial charge on any atom is -0.505 e. The molecule has 35 heavy (non-hydrogen) atoms. The van der Waals surface area contributed by atoms with E-state index in [0.717, 1.165) is 6.54 Å². The predicted octanol–water partition coefficient (Wildman–Crippen LogP) is 3.12. The maximum atomic E-state index is 13.3. The summed E-state index contributed by atoms with van der Waals surface area (Å²) < 4.78 is 7.24. The van der Waals surface area contributed by atoms with Gasteiger partial charge in [0.2, 0.25) is 0 Å². The van der Waals surface area contributed by atoms with Crippen molar-refractivity contribution < 1.29 is 24.5 Å². The first kappa shape index (κ1) is 24.3. The summed E-state index contributed by atoms with van der Waals surface area (Å²) in [7, 11) is 3.88. The molecule has 0 bridgehead atoms. The number of benzene rings is 1. The Kier molecular flexibility index (Phi) is 6.79. The van der Waals surface area contributed by atoms with E-state index in [1.165, 1.54) is 11.0 Å². The van der Waals surface area contributed by atoms with E-state index in [1.54, 1.807) is 48.7 Å². The van der Waals surface area contributed by atoms with Crippen LogP contribution in [0.4, 0.5) is 0 Å². The van der Waals surface area contributed by atoms with Crippen molar-refractivity contribution in [1.29, 1.82) is 0 Å². The summed E-state index contributed by atoms with van der Waals surface area (Å²) in [5, 5.41) is 21.7. The largest absolute Gasteiger partial charge is 0.505 e. The van der Waals surface area contributed by atoms with E-state index in [1.807, 2.05) is 25.1 Å². The molecule has 3 aromatic rings. The monoisotopic (exact) mass is 478 g/mol. The first-order chi connectivity index (χ1) is 16.7. The molecule has 3 heterocycles. The fraction of sp³-hybridized carbons (Fsp3) is 0.346. The molecular weight excluding hydrogens is 448 g/mol. The molecule has 184 valence electrons. The van der Waals surface area contributed by atoms with Gasteiger partial charge in [0.15, 0.2) is 17.3 Å². The van der Waals surface area contributed by atoms with Crippen LogP contribution < -0.4 is 4.74 Å². The van der Waals surface area contributed by atoms with Crippen LogP contribution in [0, 0.1) is 6.92 Å². The van der Waals surface area contributed by atoms with Crippen LogP contribution in [0.15, 0.2) is 48.2 Å². The minimum atomic E-state index is -0.842. The number of aryl methyl sites for hydroxylation is 1. The number of Topliss-reactive ketones (excluding diaryl/α,β-unsaturated/α-hetero) is 1. The molecule has 1 amide bonds. The molecule has 0 radical (unpaired) electrons. The number of phenols is 1. The number of amides is 1. The van der Waals surface area contributed by atoms with Gasteiger partial charge in [0, 0.05) is 12.7 Å². The summed E-state index contributed by atoms with van der Waals surface area (Å²) in [6.45, 7) is 4.93. The maximum Gasteiger partial charge on any atom is 0.295 e. The van der Waals surface area contributed by atoms with Crippen LogP contribution in [0.1, 0.15) is 36.3 Å². The van der Waals surface area contributed by atoms with Gasteiger partial charge >= 0.3 is 0 Å². The van der Waals surface area contributed by atoms with Crippen LogP contribution in [0.3, 0.4) is 0 Å². The van der Waals surface area contributed by atoms with Gasteiger partial charge in [-0.1, -0.05) is 12.1 Å². The molecule has 4 rings (SSSR count). The van der Waals surface area contributed by atoms with Gasteiger partial charge in [0.1, 0.15) is 11.3 Å². The highest BCUT2D eigenvalue weighted by molar-refractivity contribution is 6.46. The lowest BCUT2D eigenvalue weighted by molar-refractivity contribution is -0.139. The molecule has 1 fully saturated rings. The second-order valence-corrected chi connectivity index (χ2v) is 8.78. The first-order valence-corrected chi connectivity index (χ1v) is 11.6. The number of carbonyl (C=O) groups excluding carboxylic acids is 2. The van der Waals surface area contributed by atoms with E-state index in [4.69, 9.17) is 4.74 Å². The van der Waals surface area contributed by atoms with Gasteiger partial charge in [-0.3, -0.25) is 14.0 Å². The SMILES string of the molecule is CCOc1cc(C2/C(=C(\O)c3c(C)nc4ccccn34)C(=O)C(=O)N2CCCN(C)C)ccc1O. The number of imidazole rings is 1.